The van der Waals surface area contributed by atoms with Crippen LogP contribution in [0.1, 0.15) is 51.5 Å². The van der Waals surface area contributed by atoms with Crippen molar-refractivity contribution >= 4 is 11.8 Å². The highest BCUT2D eigenvalue weighted by Crippen LogP contribution is 2.38. The van der Waals surface area contributed by atoms with E-state index in [0.717, 1.165) is 43.4 Å². The average molecular weight is 344 g/mol. The molecule has 0 bridgehead atoms. The largest absolute Gasteiger partial charge is 0.497 e. The third-order valence-corrected chi connectivity index (χ3v) is 5.61. The van der Waals surface area contributed by atoms with Gasteiger partial charge in [0.25, 0.3) is 0 Å². The van der Waals surface area contributed by atoms with E-state index < -0.39 is 11.6 Å². The van der Waals surface area contributed by atoms with Crippen LogP contribution in [0, 0.1) is 5.92 Å². The number of rotatable bonds is 4. The minimum Gasteiger partial charge on any atom is -0.497 e. The van der Waals surface area contributed by atoms with Gasteiger partial charge in [0.2, 0.25) is 11.8 Å². The molecule has 1 N–H and O–H groups in total. The number of piperazine rings is 1. The van der Waals surface area contributed by atoms with Crippen molar-refractivity contribution in [1.29, 1.82) is 0 Å². The Morgan fingerprint density at radius 3 is 2.36 bits per heavy atom. The van der Waals surface area contributed by atoms with E-state index in [9.17, 15) is 9.59 Å². The van der Waals surface area contributed by atoms with Crippen LogP contribution in [0.3, 0.4) is 0 Å². The topological polar surface area (TPSA) is 58.6 Å². The lowest BCUT2D eigenvalue weighted by Gasteiger charge is -2.50. The zero-order valence-electron chi connectivity index (χ0n) is 15.4. The second-order valence-corrected chi connectivity index (χ2v) is 7.56. The predicted octanol–water partition coefficient (Wildman–Crippen LogP) is 2.88. The maximum atomic E-state index is 13.2. The van der Waals surface area contributed by atoms with Crippen LogP contribution in [0.4, 0.5) is 0 Å². The van der Waals surface area contributed by atoms with Crippen molar-refractivity contribution in [2.75, 3.05) is 7.11 Å². The first-order valence-electron chi connectivity index (χ1n) is 9.23. The van der Waals surface area contributed by atoms with Gasteiger partial charge in [-0.3, -0.25) is 9.59 Å². The van der Waals surface area contributed by atoms with Gasteiger partial charge in [-0.2, -0.15) is 0 Å². The van der Waals surface area contributed by atoms with Gasteiger partial charge in [0.1, 0.15) is 17.3 Å². The summed E-state index contributed by atoms with van der Waals surface area (Å²) in [7, 11) is 1.64. The van der Waals surface area contributed by atoms with Crippen LogP contribution >= 0.6 is 0 Å². The van der Waals surface area contributed by atoms with Crippen LogP contribution in [0.2, 0.25) is 0 Å². The van der Waals surface area contributed by atoms with Gasteiger partial charge in [0, 0.05) is 6.54 Å². The van der Waals surface area contributed by atoms with E-state index in [1.807, 2.05) is 43.0 Å². The van der Waals surface area contributed by atoms with Crippen LogP contribution < -0.4 is 10.1 Å². The van der Waals surface area contributed by atoms with Gasteiger partial charge in [-0.25, -0.2) is 0 Å². The summed E-state index contributed by atoms with van der Waals surface area (Å²) in [4.78, 5) is 28.1. The Kier molecular flexibility index (Phi) is 5.02. The number of hydrogen-bond donors (Lipinski definition) is 1. The highest BCUT2D eigenvalue weighted by atomic mass is 16.5. The number of methoxy groups -OCH3 is 1. The number of hydrogen-bond acceptors (Lipinski definition) is 3. The van der Waals surface area contributed by atoms with E-state index in [1.165, 1.54) is 0 Å². The number of nitrogens with zero attached hydrogens (tertiary/aromatic N) is 1. The third kappa shape index (κ3) is 3.24. The average Bonchev–Trinajstić information content (AvgIpc) is 2.63. The quantitative estimate of drug-likeness (QED) is 0.914. The minimum absolute atomic E-state index is 0.0269. The molecule has 1 atom stereocenters. The highest BCUT2D eigenvalue weighted by Gasteiger charge is 2.53. The molecule has 1 saturated carbocycles. The lowest BCUT2D eigenvalue weighted by atomic mass is 9.76. The molecule has 0 radical (unpaired) electrons. The van der Waals surface area contributed by atoms with Crippen LogP contribution in [-0.4, -0.2) is 35.4 Å². The molecule has 2 aliphatic rings. The van der Waals surface area contributed by atoms with Crippen molar-refractivity contribution < 1.29 is 14.3 Å². The molecule has 1 unspecified atom stereocenters. The molecule has 2 amide bonds. The third-order valence-electron chi connectivity index (χ3n) is 5.61. The monoisotopic (exact) mass is 344 g/mol. The molecule has 1 aromatic rings. The van der Waals surface area contributed by atoms with Crippen molar-refractivity contribution in [2.45, 2.75) is 64.1 Å². The smallest absolute Gasteiger partial charge is 0.246 e. The molecule has 5 heteroatoms. The first kappa shape index (κ1) is 17.8. The number of carbonyl (C=O) groups is 2. The summed E-state index contributed by atoms with van der Waals surface area (Å²) < 4.78 is 5.21. The molecule has 1 spiro atoms. The zero-order chi connectivity index (χ0) is 18.0. The summed E-state index contributed by atoms with van der Waals surface area (Å²) >= 11 is 0. The SMILES string of the molecule is COc1ccc(CN2C(=O)C(C(C)C)NC(=O)C23CCCCC3)cc1. The van der Waals surface area contributed by atoms with Gasteiger partial charge in [0.05, 0.1) is 7.11 Å². The van der Waals surface area contributed by atoms with Crippen molar-refractivity contribution in [3.05, 3.63) is 29.8 Å². The molecule has 3 rings (SSSR count). The van der Waals surface area contributed by atoms with Crippen LogP contribution in [0.25, 0.3) is 0 Å². The fraction of sp³-hybridized carbons (Fsp3) is 0.600. The van der Waals surface area contributed by atoms with Gasteiger partial charge in [-0.1, -0.05) is 45.2 Å². The number of carbonyl (C=O) groups excluding carboxylic acids is 2. The molecule has 5 nitrogen and oxygen atoms in total. The number of ether oxygens (including phenoxy) is 1. The maximum Gasteiger partial charge on any atom is 0.246 e. The summed E-state index contributed by atoms with van der Waals surface area (Å²) in [5.74, 6) is 0.945. The minimum atomic E-state index is -0.680. The molecule has 1 saturated heterocycles. The molecule has 1 heterocycles. The molecular weight excluding hydrogens is 316 g/mol. The first-order chi connectivity index (χ1) is 12.0. The van der Waals surface area contributed by atoms with E-state index in [4.69, 9.17) is 4.74 Å². The number of amides is 2. The lowest BCUT2D eigenvalue weighted by molar-refractivity contribution is -0.162. The normalized spacial score (nSPS) is 23.0. The Labute approximate surface area is 149 Å². The van der Waals surface area contributed by atoms with Gasteiger partial charge in [-0.05, 0) is 36.5 Å². The summed E-state index contributed by atoms with van der Waals surface area (Å²) in [5, 5.41) is 3.01. The fourth-order valence-corrected chi connectivity index (χ4v) is 4.07. The first-order valence-corrected chi connectivity index (χ1v) is 9.23. The van der Waals surface area contributed by atoms with Crippen LogP contribution in [0.15, 0.2) is 24.3 Å². The van der Waals surface area contributed by atoms with Crippen LogP contribution in [-0.2, 0) is 16.1 Å². The molecule has 0 aromatic heterocycles. The fourth-order valence-electron chi connectivity index (χ4n) is 4.07. The van der Waals surface area contributed by atoms with Gasteiger partial charge in [0.15, 0.2) is 0 Å². The van der Waals surface area contributed by atoms with E-state index in [-0.39, 0.29) is 17.7 Å². The Bertz CT molecular complexity index is 633. The molecule has 136 valence electrons. The summed E-state index contributed by atoms with van der Waals surface area (Å²) in [6, 6.07) is 7.31. The molecular formula is C20H28N2O3. The van der Waals surface area contributed by atoms with E-state index >= 15 is 0 Å². The Hall–Kier alpha value is -2.04. The Morgan fingerprint density at radius 1 is 1.16 bits per heavy atom. The van der Waals surface area contributed by atoms with Crippen molar-refractivity contribution in [1.82, 2.24) is 10.2 Å². The number of benzene rings is 1. The summed E-state index contributed by atoms with van der Waals surface area (Å²) in [6.07, 6.45) is 4.63. The van der Waals surface area contributed by atoms with Crippen molar-refractivity contribution in [3.8, 4) is 5.75 Å². The highest BCUT2D eigenvalue weighted by molar-refractivity contribution is 6.00. The van der Waals surface area contributed by atoms with E-state index in [0.29, 0.717) is 6.54 Å². The molecule has 1 aromatic carbocycles. The van der Waals surface area contributed by atoms with Gasteiger partial charge >= 0.3 is 0 Å². The standard InChI is InChI=1S/C20H28N2O3/c1-14(2)17-18(23)22(13-15-7-9-16(25-3)10-8-15)20(19(24)21-17)11-5-4-6-12-20/h7-10,14,17H,4-6,11-13H2,1-3H3,(H,21,24). The molecule has 2 fully saturated rings. The van der Waals surface area contributed by atoms with Crippen molar-refractivity contribution in [3.63, 3.8) is 0 Å². The molecule has 1 aliphatic heterocycles. The molecule has 1 aliphatic carbocycles. The van der Waals surface area contributed by atoms with Crippen molar-refractivity contribution in [2.24, 2.45) is 5.92 Å². The second-order valence-electron chi connectivity index (χ2n) is 7.56. The van der Waals surface area contributed by atoms with Gasteiger partial charge in [-0.15, -0.1) is 0 Å². The van der Waals surface area contributed by atoms with Crippen LogP contribution in [0.5, 0.6) is 5.75 Å². The number of nitrogens with one attached hydrogen (secondary N) is 1. The lowest BCUT2D eigenvalue weighted by Crippen LogP contribution is -2.71. The van der Waals surface area contributed by atoms with Gasteiger partial charge < -0.3 is 15.0 Å². The summed E-state index contributed by atoms with van der Waals surface area (Å²) in [5.41, 5.74) is 0.344. The Balaban J connectivity index is 1.93. The second kappa shape index (κ2) is 7.06. The van der Waals surface area contributed by atoms with E-state index in [1.54, 1.807) is 7.11 Å². The zero-order valence-corrected chi connectivity index (χ0v) is 15.4. The van der Waals surface area contributed by atoms with E-state index in [2.05, 4.69) is 5.32 Å². The summed E-state index contributed by atoms with van der Waals surface area (Å²) in [6.45, 7) is 4.43. The Morgan fingerprint density at radius 2 is 1.80 bits per heavy atom. The predicted molar refractivity (Wildman–Crippen MR) is 96.1 cm³/mol. The maximum absolute atomic E-state index is 13.2. The molecule has 25 heavy (non-hydrogen) atoms.